The number of hydrogen-bond acceptors (Lipinski definition) is 2. The van der Waals surface area contributed by atoms with Crippen LogP contribution in [0.5, 0.6) is 11.5 Å². The second-order valence-corrected chi connectivity index (χ2v) is 6.79. The molecule has 3 rings (SSSR count). The Kier molecular flexibility index (Phi) is 5.27. The van der Waals surface area contributed by atoms with E-state index < -0.39 is 17.7 Å². The molecule has 0 unspecified atom stereocenters. The van der Waals surface area contributed by atoms with Gasteiger partial charge in [0.25, 0.3) is 0 Å². The third-order valence-corrected chi connectivity index (χ3v) is 4.79. The largest absolute Gasteiger partial charge is 0.506 e. The van der Waals surface area contributed by atoms with Crippen LogP contribution in [0.3, 0.4) is 0 Å². The van der Waals surface area contributed by atoms with E-state index in [4.69, 9.17) is 23.2 Å². The molecule has 0 radical (unpaired) electrons. The van der Waals surface area contributed by atoms with Crippen molar-refractivity contribution in [1.82, 2.24) is 0 Å². The molecule has 0 aromatic heterocycles. The molecule has 0 aliphatic carbocycles. The second-order valence-electron chi connectivity index (χ2n) is 5.97. The number of rotatable bonds is 3. The van der Waals surface area contributed by atoms with Gasteiger partial charge in [0, 0.05) is 5.92 Å². The molecule has 0 heterocycles. The summed E-state index contributed by atoms with van der Waals surface area (Å²) in [6.07, 6.45) is -4.43. The van der Waals surface area contributed by atoms with Crippen molar-refractivity contribution >= 4 is 23.2 Å². The highest BCUT2D eigenvalue weighted by molar-refractivity contribution is 6.32. The summed E-state index contributed by atoms with van der Waals surface area (Å²) in [6.45, 7) is 0. The standard InChI is InChI=1S/C20H13Cl2F3O2/c21-15-9-12(3-7-17(15)26)19(13-4-8-18(27)16(22)10-13)11-1-5-14(6-2-11)20(23,24)25/h1-10,19,26-27H. The number of phenolic OH excluding ortho intramolecular Hbond substituents is 2. The van der Waals surface area contributed by atoms with Gasteiger partial charge in [-0.15, -0.1) is 0 Å². The molecule has 27 heavy (non-hydrogen) atoms. The Labute approximate surface area is 163 Å². The van der Waals surface area contributed by atoms with E-state index >= 15 is 0 Å². The lowest BCUT2D eigenvalue weighted by molar-refractivity contribution is -0.137. The zero-order chi connectivity index (χ0) is 19.8. The van der Waals surface area contributed by atoms with E-state index in [1.807, 2.05) is 0 Å². The monoisotopic (exact) mass is 412 g/mol. The van der Waals surface area contributed by atoms with Gasteiger partial charge in [0.2, 0.25) is 0 Å². The SMILES string of the molecule is Oc1ccc(C(c2ccc(C(F)(F)F)cc2)c2ccc(O)c(Cl)c2)cc1Cl. The molecule has 3 aromatic carbocycles. The molecule has 140 valence electrons. The summed E-state index contributed by atoms with van der Waals surface area (Å²) in [5, 5.41) is 19.6. The van der Waals surface area contributed by atoms with Crippen LogP contribution >= 0.6 is 23.2 Å². The molecule has 0 saturated heterocycles. The molecule has 2 nitrogen and oxygen atoms in total. The van der Waals surface area contributed by atoms with Gasteiger partial charge in [-0.05, 0) is 53.1 Å². The van der Waals surface area contributed by atoms with Crippen LogP contribution in [0.4, 0.5) is 13.2 Å². The van der Waals surface area contributed by atoms with Gasteiger partial charge >= 0.3 is 6.18 Å². The summed E-state index contributed by atoms with van der Waals surface area (Å²) in [7, 11) is 0. The van der Waals surface area contributed by atoms with E-state index in [9.17, 15) is 23.4 Å². The highest BCUT2D eigenvalue weighted by Gasteiger charge is 2.30. The Bertz CT molecular complexity index is 918. The van der Waals surface area contributed by atoms with E-state index in [1.54, 1.807) is 24.3 Å². The zero-order valence-electron chi connectivity index (χ0n) is 13.6. The smallest absolute Gasteiger partial charge is 0.416 e. The van der Waals surface area contributed by atoms with E-state index in [0.717, 1.165) is 12.1 Å². The van der Waals surface area contributed by atoms with Crippen LogP contribution < -0.4 is 0 Å². The molecular formula is C20H13Cl2F3O2. The van der Waals surface area contributed by atoms with E-state index in [1.165, 1.54) is 24.3 Å². The highest BCUT2D eigenvalue weighted by Crippen LogP contribution is 2.39. The zero-order valence-corrected chi connectivity index (χ0v) is 15.1. The molecular weight excluding hydrogens is 400 g/mol. The van der Waals surface area contributed by atoms with Crippen LogP contribution in [0.2, 0.25) is 10.0 Å². The van der Waals surface area contributed by atoms with Gasteiger partial charge < -0.3 is 10.2 Å². The molecule has 0 fully saturated rings. The average Bonchev–Trinajstić information content (AvgIpc) is 2.61. The normalized spacial score (nSPS) is 11.8. The summed E-state index contributed by atoms with van der Waals surface area (Å²) in [5.41, 5.74) is 1.13. The van der Waals surface area contributed by atoms with Gasteiger partial charge in [-0.1, -0.05) is 47.5 Å². The molecule has 0 saturated carbocycles. The van der Waals surface area contributed by atoms with Crippen LogP contribution in [0, 0.1) is 0 Å². The van der Waals surface area contributed by atoms with Gasteiger partial charge in [-0.2, -0.15) is 13.2 Å². The molecule has 0 aliphatic rings. The predicted octanol–water partition coefficient (Wildman–Crippen LogP) is 6.60. The van der Waals surface area contributed by atoms with Crippen LogP contribution in [0.1, 0.15) is 28.2 Å². The van der Waals surface area contributed by atoms with Crippen LogP contribution in [-0.2, 0) is 6.18 Å². The summed E-state index contributed by atoms with van der Waals surface area (Å²) in [5.74, 6) is -0.700. The van der Waals surface area contributed by atoms with Gasteiger partial charge in [0.1, 0.15) is 11.5 Å². The third kappa shape index (κ3) is 4.15. The Balaban J connectivity index is 2.14. The molecule has 0 bridgehead atoms. The van der Waals surface area contributed by atoms with E-state index in [2.05, 4.69) is 0 Å². The number of halogens is 5. The molecule has 0 atom stereocenters. The number of benzene rings is 3. The maximum Gasteiger partial charge on any atom is 0.416 e. The number of aromatic hydroxyl groups is 2. The van der Waals surface area contributed by atoms with Crippen molar-refractivity contribution in [3.05, 3.63) is 93.0 Å². The summed E-state index contributed by atoms with van der Waals surface area (Å²) >= 11 is 12.0. The Hall–Kier alpha value is -2.37. The van der Waals surface area contributed by atoms with Crippen molar-refractivity contribution in [3.63, 3.8) is 0 Å². The van der Waals surface area contributed by atoms with Gasteiger partial charge in [-0.25, -0.2) is 0 Å². The molecule has 7 heteroatoms. The highest BCUT2D eigenvalue weighted by atomic mass is 35.5. The summed E-state index contributed by atoms with van der Waals surface area (Å²) < 4.78 is 38.6. The van der Waals surface area contributed by atoms with Gasteiger partial charge in [0.15, 0.2) is 0 Å². The molecule has 3 aromatic rings. The van der Waals surface area contributed by atoms with Crippen molar-refractivity contribution in [3.8, 4) is 11.5 Å². The second kappa shape index (κ2) is 7.33. The summed E-state index contributed by atoms with van der Waals surface area (Å²) in [6, 6.07) is 13.9. The molecule has 2 N–H and O–H groups in total. The minimum Gasteiger partial charge on any atom is -0.506 e. The fourth-order valence-electron chi connectivity index (χ4n) is 2.85. The third-order valence-electron chi connectivity index (χ3n) is 4.18. The predicted molar refractivity (Wildman–Crippen MR) is 98.6 cm³/mol. The minimum atomic E-state index is -4.43. The number of phenols is 2. The van der Waals surface area contributed by atoms with Crippen LogP contribution in [0.15, 0.2) is 60.7 Å². The van der Waals surface area contributed by atoms with Crippen molar-refractivity contribution in [2.45, 2.75) is 12.1 Å². The van der Waals surface area contributed by atoms with Crippen molar-refractivity contribution < 1.29 is 23.4 Å². The fourth-order valence-corrected chi connectivity index (χ4v) is 3.23. The Morgan fingerprint density at radius 2 is 1.07 bits per heavy atom. The maximum atomic E-state index is 12.9. The van der Waals surface area contributed by atoms with Crippen molar-refractivity contribution in [2.24, 2.45) is 0 Å². The molecule has 0 aliphatic heterocycles. The van der Waals surface area contributed by atoms with E-state index in [0.29, 0.717) is 16.7 Å². The Morgan fingerprint density at radius 1 is 0.667 bits per heavy atom. The average molecular weight is 413 g/mol. The minimum absolute atomic E-state index is 0.102. The molecule has 0 spiro atoms. The van der Waals surface area contributed by atoms with Gasteiger partial charge in [0.05, 0.1) is 15.6 Å². The van der Waals surface area contributed by atoms with Crippen LogP contribution in [-0.4, -0.2) is 10.2 Å². The summed E-state index contributed by atoms with van der Waals surface area (Å²) in [4.78, 5) is 0. The van der Waals surface area contributed by atoms with Gasteiger partial charge in [-0.3, -0.25) is 0 Å². The quantitative estimate of drug-likeness (QED) is 0.475. The number of alkyl halides is 3. The lowest BCUT2D eigenvalue weighted by Crippen LogP contribution is -2.07. The van der Waals surface area contributed by atoms with Crippen LogP contribution in [0.25, 0.3) is 0 Å². The fraction of sp³-hybridized carbons (Fsp3) is 0.100. The first kappa shape index (κ1) is 19.4. The Morgan fingerprint density at radius 3 is 1.44 bits per heavy atom. The maximum absolute atomic E-state index is 12.9. The lowest BCUT2D eigenvalue weighted by Gasteiger charge is -2.20. The van der Waals surface area contributed by atoms with E-state index in [-0.39, 0.29) is 21.5 Å². The number of hydrogen-bond donors (Lipinski definition) is 2. The lowest BCUT2D eigenvalue weighted by atomic mass is 9.84. The topological polar surface area (TPSA) is 40.5 Å². The first-order valence-electron chi connectivity index (χ1n) is 7.81. The molecule has 0 amide bonds. The first-order chi connectivity index (χ1) is 12.7. The first-order valence-corrected chi connectivity index (χ1v) is 8.56. The van der Waals surface area contributed by atoms with Crippen molar-refractivity contribution in [1.29, 1.82) is 0 Å². The van der Waals surface area contributed by atoms with Crippen molar-refractivity contribution in [2.75, 3.05) is 0 Å².